The molecule has 0 spiro atoms. The van der Waals surface area contributed by atoms with Gasteiger partial charge in [0, 0.05) is 0 Å². The fraction of sp³-hybridized carbons (Fsp3) is 0.462. The topological polar surface area (TPSA) is 81.7 Å². The van der Waals surface area contributed by atoms with Gasteiger partial charge in [-0.1, -0.05) is 0 Å². The Morgan fingerprint density at radius 1 is 1.20 bits per heavy atom. The van der Waals surface area contributed by atoms with Crippen LogP contribution >= 0.6 is 11.3 Å². The number of rotatable bonds is 6. The van der Waals surface area contributed by atoms with Crippen LogP contribution in [-0.4, -0.2) is 31.1 Å². The van der Waals surface area contributed by atoms with E-state index in [1.54, 1.807) is 26.2 Å². The molecule has 0 fully saturated rings. The molecule has 1 rings (SSSR count). The molecule has 0 atom stereocenters. The molecule has 110 valence electrons. The van der Waals surface area contributed by atoms with Crippen molar-refractivity contribution in [2.45, 2.75) is 27.2 Å². The van der Waals surface area contributed by atoms with E-state index in [1.807, 2.05) is 0 Å². The third-order valence-electron chi connectivity index (χ3n) is 2.32. The third kappa shape index (κ3) is 4.34. The summed E-state index contributed by atoms with van der Waals surface area (Å²) < 4.78 is 9.62. The molecule has 0 saturated heterocycles. The molecule has 0 radical (unpaired) electrons. The normalized spacial score (nSPS) is 9.95. The van der Waals surface area contributed by atoms with E-state index >= 15 is 0 Å². The number of nitrogens with one attached hydrogen (secondary N) is 1. The first-order chi connectivity index (χ1) is 9.49. The Labute approximate surface area is 121 Å². The first-order valence-electron chi connectivity index (χ1n) is 6.20. The summed E-state index contributed by atoms with van der Waals surface area (Å²) in [5, 5.41) is 4.66. The number of ether oxygens (including phenoxy) is 2. The van der Waals surface area contributed by atoms with Gasteiger partial charge < -0.3 is 14.8 Å². The maximum Gasteiger partial charge on any atom is 0.341 e. The van der Waals surface area contributed by atoms with Crippen LogP contribution in [0.3, 0.4) is 0 Å². The summed E-state index contributed by atoms with van der Waals surface area (Å²) in [6, 6.07) is 0. The van der Waals surface area contributed by atoms with Gasteiger partial charge in [-0.25, -0.2) is 4.79 Å². The van der Waals surface area contributed by atoms with Crippen LogP contribution in [0.2, 0.25) is 0 Å². The Morgan fingerprint density at radius 2 is 1.85 bits per heavy atom. The molecule has 0 aliphatic rings. The Balaban J connectivity index is 2.75. The third-order valence-corrected chi connectivity index (χ3v) is 3.33. The van der Waals surface area contributed by atoms with Gasteiger partial charge in [0.25, 0.3) is 0 Å². The Kier molecular flexibility index (Phi) is 6.17. The quantitative estimate of drug-likeness (QED) is 0.642. The van der Waals surface area contributed by atoms with E-state index in [4.69, 9.17) is 4.74 Å². The molecule has 0 aliphatic carbocycles. The van der Waals surface area contributed by atoms with E-state index in [2.05, 4.69) is 10.1 Å². The van der Waals surface area contributed by atoms with Crippen molar-refractivity contribution >= 4 is 34.2 Å². The van der Waals surface area contributed by atoms with Gasteiger partial charge in [-0.15, -0.1) is 11.3 Å². The Morgan fingerprint density at radius 3 is 2.45 bits per heavy atom. The predicted molar refractivity (Wildman–Crippen MR) is 74.9 cm³/mol. The maximum atomic E-state index is 11.8. The van der Waals surface area contributed by atoms with Crippen molar-refractivity contribution in [3.63, 3.8) is 0 Å². The molecular formula is C13H17NO5S. The van der Waals surface area contributed by atoms with E-state index in [9.17, 15) is 14.4 Å². The second kappa shape index (κ2) is 7.64. The summed E-state index contributed by atoms with van der Waals surface area (Å²) in [6.45, 7) is 5.60. The summed E-state index contributed by atoms with van der Waals surface area (Å²) in [6.07, 6.45) is -0.382. The maximum absolute atomic E-state index is 11.8. The van der Waals surface area contributed by atoms with Crippen LogP contribution in [0.4, 0.5) is 5.00 Å². The summed E-state index contributed by atoms with van der Waals surface area (Å²) >= 11 is 1.21. The van der Waals surface area contributed by atoms with Crippen molar-refractivity contribution < 1.29 is 23.9 Å². The van der Waals surface area contributed by atoms with Gasteiger partial charge in [0.15, 0.2) is 0 Å². The Hall–Kier alpha value is -1.89. The van der Waals surface area contributed by atoms with Crippen LogP contribution in [0.5, 0.6) is 0 Å². The number of thiophene rings is 1. The van der Waals surface area contributed by atoms with E-state index in [-0.39, 0.29) is 19.6 Å². The lowest BCUT2D eigenvalue weighted by molar-refractivity contribution is -0.145. The van der Waals surface area contributed by atoms with Crippen LogP contribution in [0.1, 0.15) is 36.2 Å². The minimum Gasteiger partial charge on any atom is -0.466 e. The van der Waals surface area contributed by atoms with Crippen molar-refractivity contribution in [1.29, 1.82) is 0 Å². The zero-order valence-electron chi connectivity index (χ0n) is 11.6. The average molecular weight is 299 g/mol. The molecule has 7 heteroatoms. The summed E-state index contributed by atoms with van der Waals surface area (Å²) in [4.78, 5) is 34.7. The lowest BCUT2D eigenvalue weighted by Crippen LogP contribution is -2.19. The molecule has 1 aromatic heterocycles. The van der Waals surface area contributed by atoms with Crippen LogP contribution in [0, 0.1) is 6.92 Å². The minimum atomic E-state index is -0.601. The fourth-order valence-corrected chi connectivity index (χ4v) is 2.45. The molecule has 0 unspecified atom stereocenters. The van der Waals surface area contributed by atoms with Crippen molar-refractivity contribution in [2.24, 2.45) is 0 Å². The van der Waals surface area contributed by atoms with Crippen LogP contribution < -0.4 is 5.32 Å². The van der Waals surface area contributed by atoms with Crippen LogP contribution in [0.15, 0.2) is 5.38 Å². The fourth-order valence-electron chi connectivity index (χ4n) is 1.51. The van der Waals surface area contributed by atoms with Gasteiger partial charge in [-0.2, -0.15) is 0 Å². The van der Waals surface area contributed by atoms with Gasteiger partial charge in [-0.05, 0) is 31.7 Å². The van der Waals surface area contributed by atoms with Crippen molar-refractivity contribution in [1.82, 2.24) is 0 Å². The molecule has 20 heavy (non-hydrogen) atoms. The highest BCUT2D eigenvalue weighted by Crippen LogP contribution is 2.28. The number of hydrogen-bond donors (Lipinski definition) is 1. The predicted octanol–water partition coefficient (Wildman–Crippen LogP) is 2.12. The monoisotopic (exact) mass is 299 g/mol. The molecule has 0 bridgehead atoms. The van der Waals surface area contributed by atoms with Gasteiger partial charge in [0.2, 0.25) is 5.91 Å². The van der Waals surface area contributed by atoms with Gasteiger partial charge >= 0.3 is 11.9 Å². The minimum absolute atomic E-state index is 0.221. The number of carbonyl (C=O) groups excluding carboxylic acids is 3. The van der Waals surface area contributed by atoms with Gasteiger partial charge in [0.1, 0.15) is 11.4 Å². The summed E-state index contributed by atoms with van der Waals surface area (Å²) in [5.41, 5.74) is 1.05. The first-order valence-corrected chi connectivity index (χ1v) is 7.08. The van der Waals surface area contributed by atoms with Crippen molar-refractivity contribution in [3.05, 3.63) is 16.5 Å². The molecule has 0 aliphatic heterocycles. The molecule has 1 heterocycles. The lowest BCUT2D eigenvalue weighted by atomic mass is 10.2. The second-order valence-electron chi connectivity index (χ2n) is 3.87. The molecule has 1 N–H and O–H groups in total. The number of hydrogen-bond acceptors (Lipinski definition) is 6. The number of amides is 1. The van der Waals surface area contributed by atoms with Crippen molar-refractivity contribution in [2.75, 3.05) is 18.5 Å². The number of anilines is 1. The van der Waals surface area contributed by atoms with Crippen LogP contribution in [-0.2, 0) is 19.1 Å². The highest BCUT2D eigenvalue weighted by molar-refractivity contribution is 7.15. The van der Waals surface area contributed by atoms with E-state index < -0.39 is 17.8 Å². The zero-order chi connectivity index (χ0) is 15.1. The molecule has 6 nitrogen and oxygen atoms in total. The Bertz CT molecular complexity index is 509. The number of aryl methyl sites for hydroxylation is 1. The highest BCUT2D eigenvalue weighted by Gasteiger charge is 2.20. The van der Waals surface area contributed by atoms with Crippen molar-refractivity contribution in [3.8, 4) is 0 Å². The first kappa shape index (κ1) is 16.2. The van der Waals surface area contributed by atoms with Gasteiger partial charge in [-0.3, -0.25) is 9.59 Å². The summed E-state index contributed by atoms with van der Waals surface area (Å²) in [7, 11) is 0. The van der Waals surface area contributed by atoms with E-state index in [0.717, 1.165) is 5.56 Å². The molecular weight excluding hydrogens is 282 g/mol. The molecule has 1 amide bonds. The smallest absolute Gasteiger partial charge is 0.341 e. The largest absolute Gasteiger partial charge is 0.466 e. The van der Waals surface area contributed by atoms with Gasteiger partial charge in [0.05, 0.1) is 18.8 Å². The van der Waals surface area contributed by atoms with Crippen LogP contribution in [0.25, 0.3) is 0 Å². The highest BCUT2D eigenvalue weighted by atomic mass is 32.1. The summed E-state index contributed by atoms with van der Waals surface area (Å²) in [5.74, 6) is -1.61. The lowest BCUT2D eigenvalue weighted by Gasteiger charge is -2.07. The molecule has 0 aromatic carbocycles. The van der Waals surface area contributed by atoms with E-state index in [0.29, 0.717) is 10.6 Å². The standard InChI is InChI=1S/C13H17NO5S/c1-4-18-10(16)6-9(15)14-12-11(8(3)7-20-12)13(17)19-5-2/h7H,4-6H2,1-3H3,(H,14,15). The molecule has 1 aromatic rings. The number of carbonyl (C=O) groups is 3. The molecule has 0 saturated carbocycles. The average Bonchev–Trinajstić information content (AvgIpc) is 2.70. The SMILES string of the molecule is CCOC(=O)CC(=O)Nc1scc(C)c1C(=O)OCC. The number of esters is 2. The zero-order valence-corrected chi connectivity index (χ0v) is 12.5. The second-order valence-corrected chi connectivity index (χ2v) is 4.75. The van der Waals surface area contributed by atoms with E-state index in [1.165, 1.54) is 11.3 Å².